The van der Waals surface area contributed by atoms with Crippen molar-refractivity contribution in [3.05, 3.63) is 41.5 Å². The molecule has 4 nitrogen and oxygen atoms in total. The first-order valence-corrected chi connectivity index (χ1v) is 11.9. The number of allylic oxidation sites excluding steroid dienone is 1. The molecule has 1 aromatic carbocycles. The van der Waals surface area contributed by atoms with E-state index >= 15 is 0 Å². The van der Waals surface area contributed by atoms with E-state index in [1.165, 1.54) is 50.4 Å². The average molecular weight is 388 g/mol. The molecule has 0 heterocycles. The Morgan fingerprint density at radius 1 is 1.07 bits per heavy atom. The van der Waals surface area contributed by atoms with Crippen molar-refractivity contribution in [1.29, 1.82) is 0 Å². The highest BCUT2D eigenvalue weighted by molar-refractivity contribution is 7.90. The molecule has 4 aliphatic rings. The van der Waals surface area contributed by atoms with Crippen molar-refractivity contribution in [2.24, 2.45) is 23.2 Å². The van der Waals surface area contributed by atoms with Gasteiger partial charge in [-0.3, -0.25) is 4.79 Å². The molecular formula is C22H29NO3S. The maximum absolute atomic E-state index is 12.5. The Hall–Kier alpha value is -1.62. The number of carbonyl (C=O) groups is 1. The molecule has 4 aliphatic carbocycles. The minimum Gasteiger partial charge on any atom is -0.348 e. The van der Waals surface area contributed by atoms with Gasteiger partial charge in [-0.05, 0) is 86.3 Å². The van der Waals surface area contributed by atoms with Gasteiger partial charge in [-0.15, -0.1) is 0 Å². The summed E-state index contributed by atoms with van der Waals surface area (Å²) in [5, 5.41) is 2.96. The summed E-state index contributed by atoms with van der Waals surface area (Å²) >= 11 is 0. The Balaban J connectivity index is 1.39. The van der Waals surface area contributed by atoms with Gasteiger partial charge in [-0.1, -0.05) is 17.7 Å². The van der Waals surface area contributed by atoms with Crippen LogP contribution in [0.2, 0.25) is 0 Å². The van der Waals surface area contributed by atoms with Crippen molar-refractivity contribution in [2.75, 3.05) is 6.26 Å². The molecule has 1 N–H and O–H groups in total. The molecule has 0 aromatic heterocycles. The fourth-order valence-electron chi connectivity index (χ4n) is 6.04. The van der Waals surface area contributed by atoms with Gasteiger partial charge < -0.3 is 5.32 Å². The minimum atomic E-state index is -3.19. The SMILES string of the molecule is C/C(=C\C(=O)NCc1ccc(S(C)(=O)=O)cc1)C12CC3CC(CC(C3)C1)C2. The van der Waals surface area contributed by atoms with E-state index < -0.39 is 9.84 Å². The van der Waals surface area contributed by atoms with Crippen LogP contribution in [-0.2, 0) is 21.2 Å². The summed E-state index contributed by atoms with van der Waals surface area (Å²) in [6, 6.07) is 6.69. The normalized spacial score (nSPS) is 32.5. The number of nitrogens with one attached hydrogen (secondary N) is 1. The zero-order chi connectivity index (χ0) is 19.2. The molecule has 5 rings (SSSR count). The van der Waals surface area contributed by atoms with Crippen LogP contribution in [-0.4, -0.2) is 20.6 Å². The van der Waals surface area contributed by atoms with E-state index in [1.54, 1.807) is 24.3 Å². The predicted molar refractivity (Wildman–Crippen MR) is 106 cm³/mol. The fraction of sp³-hybridized carbons (Fsp3) is 0.591. The molecule has 0 spiro atoms. The van der Waals surface area contributed by atoms with Crippen LogP contribution in [0.15, 0.2) is 40.8 Å². The monoisotopic (exact) mass is 387 g/mol. The van der Waals surface area contributed by atoms with Crippen LogP contribution >= 0.6 is 0 Å². The molecule has 4 saturated carbocycles. The van der Waals surface area contributed by atoms with Crippen molar-refractivity contribution >= 4 is 15.7 Å². The molecule has 0 saturated heterocycles. The van der Waals surface area contributed by atoms with E-state index in [2.05, 4.69) is 12.2 Å². The molecular weight excluding hydrogens is 358 g/mol. The van der Waals surface area contributed by atoms with Crippen molar-refractivity contribution in [1.82, 2.24) is 5.32 Å². The van der Waals surface area contributed by atoms with E-state index in [4.69, 9.17) is 0 Å². The smallest absolute Gasteiger partial charge is 0.244 e. The van der Waals surface area contributed by atoms with Gasteiger partial charge in [0.1, 0.15) is 0 Å². The average Bonchev–Trinajstić information content (AvgIpc) is 2.58. The highest BCUT2D eigenvalue weighted by Crippen LogP contribution is 2.62. The van der Waals surface area contributed by atoms with Gasteiger partial charge in [-0.25, -0.2) is 8.42 Å². The maximum Gasteiger partial charge on any atom is 0.244 e. The topological polar surface area (TPSA) is 63.2 Å². The minimum absolute atomic E-state index is 0.0459. The molecule has 27 heavy (non-hydrogen) atoms. The first-order valence-electron chi connectivity index (χ1n) is 9.99. The first-order chi connectivity index (χ1) is 12.7. The molecule has 1 aromatic rings. The largest absolute Gasteiger partial charge is 0.348 e. The quantitative estimate of drug-likeness (QED) is 0.780. The molecule has 1 amide bonds. The first kappa shape index (κ1) is 18.7. The molecule has 0 unspecified atom stereocenters. The molecule has 5 heteroatoms. The summed E-state index contributed by atoms with van der Waals surface area (Å²) in [5.41, 5.74) is 2.42. The highest BCUT2D eigenvalue weighted by atomic mass is 32.2. The number of hydrogen-bond donors (Lipinski definition) is 1. The van der Waals surface area contributed by atoms with Crippen molar-refractivity contribution in [3.8, 4) is 0 Å². The Morgan fingerprint density at radius 3 is 2.07 bits per heavy atom. The third-order valence-electron chi connectivity index (χ3n) is 7.04. The lowest BCUT2D eigenvalue weighted by Gasteiger charge is -2.57. The van der Waals surface area contributed by atoms with Crippen LogP contribution in [0.3, 0.4) is 0 Å². The van der Waals surface area contributed by atoms with Gasteiger partial charge in [0.05, 0.1) is 4.90 Å². The van der Waals surface area contributed by atoms with E-state index in [1.807, 2.05) is 6.08 Å². The van der Waals surface area contributed by atoms with Crippen LogP contribution in [0, 0.1) is 23.2 Å². The molecule has 4 bridgehead atoms. The molecule has 0 aliphatic heterocycles. The van der Waals surface area contributed by atoms with Gasteiger partial charge in [0.25, 0.3) is 0 Å². The van der Waals surface area contributed by atoms with E-state index in [-0.39, 0.29) is 11.3 Å². The van der Waals surface area contributed by atoms with E-state index in [0.29, 0.717) is 11.4 Å². The number of rotatable bonds is 5. The van der Waals surface area contributed by atoms with Gasteiger partial charge >= 0.3 is 0 Å². The second kappa shape index (κ2) is 6.77. The Labute approximate surface area is 162 Å². The fourth-order valence-corrected chi connectivity index (χ4v) is 6.67. The van der Waals surface area contributed by atoms with E-state index in [0.717, 1.165) is 23.3 Å². The summed E-state index contributed by atoms with van der Waals surface area (Å²) in [5.74, 6) is 2.57. The lowest BCUT2D eigenvalue weighted by atomic mass is 9.48. The van der Waals surface area contributed by atoms with Crippen LogP contribution < -0.4 is 5.32 Å². The van der Waals surface area contributed by atoms with Gasteiger partial charge in [0, 0.05) is 18.9 Å². The zero-order valence-corrected chi connectivity index (χ0v) is 17.0. The summed E-state index contributed by atoms with van der Waals surface area (Å²) in [6.45, 7) is 2.56. The number of amides is 1. The zero-order valence-electron chi connectivity index (χ0n) is 16.2. The van der Waals surface area contributed by atoms with Crippen molar-refractivity contribution < 1.29 is 13.2 Å². The van der Waals surface area contributed by atoms with Crippen molar-refractivity contribution in [3.63, 3.8) is 0 Å². The summed E-state index contributed by atoms with van der Waals surface area (Å²) in [7, 11) is -3.19. The van der Waals surface area contributed by atoms with Crippen LogP contribution in [0.25, 0.3) is 0 Å². The second-order valence-electron chi connectivity index (χ2n) is 9.16. The third kappa shape index (κ3) is 3.84. The van der Waals surface area contributed by atoms with Gasteiger partial charge in [-0.2, -0.15) is 0 Å². The number of hydrogen-bond acceptors (Lipinski definition) is 3. The van der Waals surface area contributed by atoms with Crippen molar-refractivity contribution in [2.45, 2.75) is 56.9 Å². The van der Waals surface area contributed by atoms with E-state index in [9.17, 15) is 13.2 Å². The predicted octanol–water partition coefficient (Wildman–Crippen LogP) is 3.87. The number of sulfone groups is 1. The Bertz CT molecular complexity index is 832. The van der Waals surface area contributed by atoms with Crippen LogP contribution in [0.5, 0.6) is 0 Å². The van der Waals surface area contributed by atoms with Gasteiger partial charge in [0.2, 0.25) is 5.91 Å². The Morgan fingerprint density at radius 2 is 1.59 bits per heavy atom. The summed E-state index contributed by atoms with van der Waals surface area (Å²) in [6.07, 6.45) is 11.0. The molecule has 4 fully saturated rings. The molecule has 0 atom stereocenters. The maximum atomic E-state index is 12.5. The Kier molecular flexibility index (Phi) is 4.69. The van der Waals surface area contributed by atoms with Crippen LogP contribution in [0.4, 0.5) is 0 Å². The highest BCUT2D eigenvalue weighted by Gasteiger charge is 2.51. The summed E-state index contributed by atoms with van der Waals surface area (Å²) in [4.78, 5) is 12.8. The lowest BCUT2D eigenvalue weighted by molar-refractivity contribution is -0.116. The van der Waals surface area contributed by atoms with Crippen LogP contribution in [0.1, 0.15) is 51.0 Å². The van der Waals surface area contributed by atoms with Gasteiger partial charge in [0.15, 0.2) is 9.84 Å². The number of carbonyl (C=O) groups excluding carboxylic acids is 1. The molecule has 146 valence electrons. The standard InChI is InChI=1S/C22H29NO3S/c1-15(22-11-17-8-18(12-22)10-19(9-17)13-22)7-21(24)23-14-16-3-5-20(6-4-16)27(2,25)26/h3-7,17-19H,8-14H2,1-2H3,(H,23,24)/b15-7+. The summed E-state index contributed by atoms with van der Waals surface area (Å²) < 4.78 is 23.0. The third-order valence-corrected chi connectivity index (χ3v) is 8.17. The number of benzene rings is 1. The lowest BCUT2D eigenvalue weighted by Crippen LogP contribution is -2.46. The second-order valence-corrected chi connectivity index (χ2v) is 11.2. The molecule has 0 radical (unpaired) electrons.